The first-order valence-electron chi connectivity index (χ1n) is 5.88. The van der Waals surface area contributed by atoms with Crippen molar-refractivity contribution < 1.29 is 4.74 Å². The summed E-state index contributed by atoms with van der Waals surface area (Å²) in [6, 6.07) is 0. The molecule has 0 amide bonds. The van der Waals surface area contributed by atoms with E-state index in [0.29, 0.717) is 0 Å². The molecule has 0 bridgehead atoms. The molecule has 1 aliphatic carbocycles. The standard InChI is InChI=1S/C13H24O/c1-13(2,3)14-11-7-6-10-12-8-4-5-9-12/h4,8,12H,5-7,9-11H2,1-3H3/t12-/m0/s1. The molecule has 0 aromatic carbocycles. The highest BCUT2D eigenvalue weighted by molar-refractivity contribution is 4.95. The number of hydrogen-bond acceptors (Lipinski definition) is 1. The van der Waals surface area contributed by atoms with Gasteiger partial charge in [-0.05, 0) is 52.4 Å². The molecule has 0 heterocycles. The van der Waals surface area contributed by atoms with Crippen LogP contribution in [-0.2, 0) is 4.74 Å². The maximum atomic E-state index is 5.68. The third kappa shape index (κ3) is 5.43. The number of ether oxygens (including phenoxy) is 1. The summed E-state index contributed by atoms with van der Waals surface area (Å²) in [4.78, 5) is 0. The highest BCUT2D eigenvalue weighted by Crippen LogP contribution is 2.22. The van der Waals surface area contributed by atoms with Gasteiger partial charge in [0, 0.05) is 6.61 Å². The quantitative estimate of drug-likeness (QED) is 0.478. The largest absolute Gasteiger partial charge is 0.376 e. The van der Waals surface area contributed by atoms with Gasteiger partial charge in [0.25, 0.3) is 0 Å². The average molecular weight is 196 g/mol. The Bertz CT molecular complexity index is 176. The topological polar surface area (TPSA) is 9.23 Å². The van der Waals surface area contributed by atoms with Gasteiger partial charge in [-0.1, -0.05) is 18.6 Å². The van der Waals surface area contributed by atoms with E-state index >= 15 is 0 Å². The summed E-state index contributed by atoms with van der Waals surface area (Å²) in [5.74, 6) is 0.865. The SMILES string of the molecule is CC(C)(C)OCCCC[C@H]1C=CCC1. The summed E-state index contributed by atoms with van der Waals surface area (Å²) in [7, 11) is 0. The fraction of sp³-hybridized carbons (Fsp3) is 0.846. The molecule has 0 spiro atoms. The van der Waals surface area contributed by atoms with Crippen LogP contribution < -0.4 is 0 Å². The summed E-state index contributed by atoms with van der Waals surface area (Å²) >= 11 is 0. The molecule has 0 saturated carbocycles. The second kappa shape index (κ2) is 5.55. The first-order chi connectivity index (χ1) is 6.58. The second-order valence-electron chi connectivity index (χ2n) is 5.22. The Labute approximate surface area is 88.5 Å². The average Bonchev–Trinajstić information content (AvgIpc) is 2.54. The van der Waals surface area contributed by atoms with Crippen molar-refractivity contribution in [2.75, 3.05) is 6.61 Å². The Hall–Kier alpha value is -0.300. The minimum absolute atomic E-state index is 0.0350. The van der Waals surface area contributed by atoms with Gasteiger partial charge in [-0.3, -0.25) is 0 Å². The minimum atomic E-state index is 0.0350. The summed E-state index contributed by atoms with van der Waals surface area (Å²) in [6.45, 7) is 7.27. The fourth-order valence-corrected chi connectivity index (χ4v) is 1.82. The van der Waals surface area contributed by atoms with Crippen molar-refractivity contribution >= 4 is 0 Å². The Kier molecular flexibility index (Phi) is 4.67. The Morgan fingerprint density at radius 2 is 2.07 bits per heavy atom. The first kappa shape index (κ1) is 11.8. The van der Waals surface area contributed by atoms with Crippen molar-refractivity contribution in [1.29, 1.82) is 0 Å². The highest BCUT2D eigenvalue weighted by Gasteiger charge is 2.10. The van der Waals surface area contributed by atoms with E-state index in [1.54, 1.807) is 0 Å². The molecule has 0 aromatic heterocycles. The molecule has 1 nitrogen and oxygen atoms in total. The van der Waals surface area contributed by atoms with Gasteiger partial charge in [-0.2, -0.15) is 0 Å². The van der Waals surface area contributed by atoms with Crippen LogP contribution in [0.1, 0.15) is 52.9 Å². The molecule has 0 radical (unpaired) electrons. The van der Waals surface area contributed by atoms with Crippen molar-refractivity contribution in [2.45, 2.75) is 58.5 Å². The predicted octanol–water partition coefficient (Wildman–Crippen LogP) is 3.94. The maximum absolute atomic E-state index is 5.68. The normalized spacial score (nSPS) is 21.8. The number of rotatable bonds is 5. The van der Waals surface area contributed by atoms with Gasteiger partial charge >= 0.3 is 0 Å². The van der Waals surface area contributed by atoms with E-state index in [4.69, 9.17) is 4.74 Å². The molecule has 0 fully saturated rings. The molecule has 82 valence electrons. The lowest BCUT2D eigenvalue weighted by Gasteiger charge is -2.19. The molecule has 0 aromatic rings. The maximum Gasteiger partial charge on any atom is 0.0598 e. The molecule has 1 rings (SSSR count). The lowest BCUT2D eigenvalue weighted by molar-refractivity contribution is -0.00490. The summed E-state index contributed by atoms with van der Waals surface area (Å²) in [5, 5.41) is 0. The molecule has 0 saturated heterocycles. The molecule has 1 heteroatoms. The van der Waals surface area contributed by atoms with E-state index < -0.39 is 0 Å². The third-order valence-electron chi connectivity index (χ3n) is 2.62. The van der Waals surface area contributed by atoms with Gasteiger partial charge in [-0.15, -0.1) is 0 Å². The van der Waals surface area contributed by atoms with Gasteiger partial charge in [0.2, 0.25) is 0 Å². The van der Waals surface area contributed by atoms with Crippen molar-refractivity contribution in [2.24, 2.45) is 5.92 Å². The summed E-state index contributed by atoms with van der Waals surface area (Å²) in [5.41, 5.74) is 0.0350. The van der Waals surface area contributed by atoms with E-state index in [0.717, 1.165) is 12.5 Å². The van der Waals surface area contributed by atoms with Crippen LogP contribution in [0, 0.1) is 5.92 Å². The van der Waals surface area contributed by atoms with Gasteiger partial charge < -0.3 is 4.74 Å². The van der Waals surface area contributed by atoms with E-state index in [2.05, 4.69) is 32.9 Å². The smallest absolute Gasteiger partial charge is 0.0598 e. The van der Waals surface area contributed by atoms with Crippen LogP contribution in [0.5, 0.6) is 0 Å². The molecule has 0 unspecified atom stereocenters. The fourth-order valence-electron chi connectivity index (χ4n) is 1.82. The molecule has 14 heavy (non-hydrogen) atoms. The van der Waals surface area contributed by atoms with Crippen molar-refractivity contribution in [1.82, 2.24) is 0 Å². The van der Waals surface area contributed by atoms with Gasteiger partial charge in [0.1, 0.15) is 0 Å². The minimum Gasteiger partial charge on any atom is -0.376 e. The lowest BCUT2D eigenvalue weighted by atomic mass is 10.0. The zero-order valence-electron chi connectivity index (χ0n) is 9.88. The van der Waals surface area contributed by atoms with Gasteiger partial charge in [-0.25, -0.2) is 0 Å². The van der Waals surface area contributed by atoms with E-state index in [1.807, 2.05) is 0 Å². The molecule has 1 aliphatic rings. The Balaban J connectivity index is 1.92. The van der Waals surface area contributed by atoms with Crippen molar-refractivity contribution in [3.8, 4) is 0 Å². The molecular formula is C13H24O. The van der Waals surface area contributed by atoms with Crippen LogP contribution in [0.4, 0.5) is 0 Å². The zero-order chi connectivity index (χ0) is 10.4. The number of hydrogen-bond donors (Lipinski definition) is 0. The number of allylic oxidation sites excluding steroid dienone is 2. The summed E-state index contributed by atoms with van der Waals surface area (Å²) < 4.78 is 5.68. The Morgan fingerprint density at radius 3 is 2.64 bits per heavy atom. The van der Waals surface area contributed by atoms with E-state index in [9.17, 15) is 0 Å². The van der Waals surface area contributed by atoms with Crippen LogP contribution in [-0.4, -0.2) is 12.2 Å². The molecule has 1 atom stereocenters. The Morgan fingerprint density at radius 1 is 1.29 bits per heavy atom. The monoisotopic (exact) mass is 196 g/mol. The predicted molar refractivity (Wildman–Crippen MR) is 61.4 cm³/mol. The zero-order valence-corrected chi connectivity index (χ0v) is 9.88. The van der Waals surface area contributed by atoms with Gasteiger partial charge in [0.05, 0.1) is 5.60 Å². The molecular weight excluding hydrogens is 172 g/mol. The van der Waals surface area contributed by atoms with Crippen molar-refractivity contribution in [3.63, 3.8) is 0 Å². The first-order valence-corrected chi connectivity index (χ1v) is 5.88. The summed E-state index contributed by atoms with van der Waals surface area (Å²) in [6.07, 6.45) is 11.2. The second-order valence-corrected chi connectivity index (χ2v) is 5.22. The molecule has 0 aliphatic heterocycles. The van der Waals surface area contributed by atoms with Gasteiger partial charge in [0.15, 0.2) is 0 Å². The number of unbranched alkanes of at least 4 members (excludes halogenated alkanes) is 1. The molecule has 0 N–H and O–H groups in total. The van der Waals surface area contributed by atoms with Crippen LogP contribution in [0.3, 0.4) is 0 Å². The van der Waals surface area contributed by atoms with Crippen LogP contribution >= 0.6 is 0 Å². The van der Waals surface area contributed by atoms with E-state index in [1.165, 1.54) is 32.1 Å². The van der Waals surface area contributed by atoms with Crippen LogP contribution in [0.25, 0.3) is 0 Å². The lowest BCUT2D eigenvalue weighted by Crippen LogP contribution is -2.19. The van der Waals surface area contributed by atoms with E-state index in [-0.39, 0.29) is 5.60 Å². The van der Waals surface area contributed by atoms with Crippen LogP contribution in [0.2, 0.25) is 0 Å². The van der Waals surface area contributed by atoms with Crippen molar-refractivity contribution in [3.05, 3.63) is 12.2 Å². The third-order valence-corrected chi connectivity index (χ3v) is 2.62. The van der Waals surface area contributed by atoms with Crippen LogP contribution in [0.15, 0.2) is 12.2 Å². The highest BCUT2D eigenvalue weighted by atomic mass is 16.5.